The molecule has 1 aromatic heterocycles. The maximum absolute atomic E-state index is 13.1. The fourth-order valence-corrected chi connectivity index (χ4v) is 4.44. The Labute approximate surface area is 194 Å². The highest BCUT2D eigenvalue weighted by Gasteiger charge is 2.25. The first-order valence-electron chi connectivity index (χ1n) is 10.7. The van der Waals surface area contributed by atoms with Crippen molar-refractivity contribution in [3.05, 3.63) is 99.4 Å². The number of carbonyl (C=O) groups is 2. The third-order valence-electron chi connectivity index (χ3n) is 5.35. The number of rotatable bonds is 8. The zero-order valence-electron chi connectivity index (χ0n) is 19.0. The van der Waals surface area contributed by atoms with Gasteiger partial charge in [-0.1, -0.05) is 67.9 Å². The molecule has 3 aromatic rings. The van der Waals surface area contributed by atoms with Crippen LogP contribution in [-0.2, 0) is 10.2 Å². The van der Waals surface area contributed by atoms with E-state index in [1.165, 1.54) is 16.9 Å². The van der Waals surface area contributed by atoms with Gasteiger partial charge in [0.15, 0.2) is 0 Å². The lowest BCUT2D eigenvalue weighted by atomic mass is 9.79. The maximum atomic E-state index is 13.1. The van der Waals surface area contributed by atoms with E-state index in [1.807, 2.05) is 61.7 Å². The number of carbonyl (C=O) groups excluding carboxylic acids is 2. The van der Waals surface area contributed by atoms with Gasteiger partial charge in [-0.15, -0.1) is 11.3 Å². The first-order chi connectivity index (χ1) is 15.2. The summed E-state index contributed by atoms with van der Waals surface area (Å²) in [6.07, 6.45) is 2.49. The maximum Gasteiger partial charge on any atom is 0.268 e. The summed E-state index contributed by atoms with van der Waals surface area (Å²) in [7, 11) is 0. The third-order valence-corrected chi connectivity index (χ3v) is 6.17. The average Bonchev–Trinajstić information content (AvgIpc) is 3.26. The Morgan fingerprint density at radius 1 is 1.03 bits per heavy atom. The Kier molecular flexibility index (Phi) is 7.65. The second kappa shape index (κ2) is 10.4. The Balaban J connectivity index is 1.74. The Hall–Kier alpha value is -3.18. The summed E-state index contributed by atoms with van der Waals surface area (Å²) >= 11 is 1.51. The summed E-state index contributed by atoms with van der Waals surface area (Å²) in [5.41, 5.74) is 2.87. The van der Waals surface area contributed by atoms with Crippen molar-refractivity contribution in [3.63, 3.8) is 0 Å². The summed E-state index contributed by atoms with van der Waals surface area (Å²) in [5, 5.41) is 7.82. The molecule has 166 valence electrons. The van der Waals surface area contributed by atoms with Crippen LogP contribution >= 0.6 is 11.3 Å². The minimum Gasteiger partial charge on any atom is -0.348 e. The van der Waals surface area contributed by atoms with Crippen molar-refractivity contribution < 1.29 is 9.59 Å². The number of nitrogens with one attached hydrogen (secondary N) is 2. The van der Waals surface area contributed by atoms with Crippen LogP contribution in [0, 0.1) is 6.92 Å². The zero-order valence-corrected chi connectivity index (χ0v) is 19.8. The molecule has 2 aromatic carbocycles. The number of hydrogen-bond donors (Lipinski definition) is 2. The normalized spacial score (nSPS) is 12.8. The van der Waals surface area contributed by atoms with E-state index in [0.717, 1.165) is 16.9 Å². The topological polar surface area (TPSA) is 58.2 Å². The Morgan fingerprint density at radius 3 is 2.44 bits per heavy atom. The van der Waals surface area contributed by atoms with Crippen LogP contribution in [-0.4, -0.2) is 17.9 Å². The van der Waals surface area contributed by atoms with Crippen molar-refractivity contribution >= 4 is 29.2 Å². The molecular weight excluding hydrogens is 416 g/mol. The van der Waals surface area contributed by atoms with Gasteiger partial charge >= 0.3 is 0 Å². The van der Waals surface area contributed by atoms with Crippen LogP contribution in [0.1, 0.15) is 53.6 Å². The van der Waals surface area contributed by atoms with Gasteiger partial charge in [0.2, 0.25) is 0 Å². The predicted molar refractivity (Wildman–Crippen MR) is 133 cm³/mol. The van der Waals surface area contributed by atoms with E-state index in [1.54, 1.807) is 18.2 Å². The van der Waals surface area contributed by atoms with Gasteiger partial charge in [-0.25, -0.2) is 0 Å². The monoisotopic (exact) mass is 446 g/mol. The zero-order chi connectivity index (χ0) is 23.1. The largest absolute Gasteiger partial charge is 0.348 e. The first kappa shape index (κ1) is 23.5. The molecule has 0 fully saturated rings. The van der Waals surface area contributed by atoms with Crippen LogP contribution < -0.4 is 10.6 Å². The van der Waals surface area contributed by atoms with Crippen molar-refractivity contribution in [3.8, 4) is 0 Å². The summed E-state index contributed by atoms with van der Waals surface area (Å²) in [5.74, 6) is -0.598. The molecule has 0 aliphatic heterocycles. The van der Waals surface area contributed by atoms with Crippen LogP contribution in [0.4, 0.5) is 0 Å². The van der Waals surface area contributed by atoms with Gasteiger partial charge in [-0.05, 0) is 60.9 Å². The van der Waals surface area contributed by atoms with Crippen molar-refractivity contribution in [2.75, 3.05) is 0 Å². The van der Waals surface area contributed by atoms with Crippen molar-refractivity contribution in [2.45, 2.75) is 45.6 Å². The Morgan fingerprint density at radius 2 is 1.78 bits per heavy atom. The van der Waals surface area contributed by atoms with Gasteiger partial charge in [0.25, 0.3) is 11.8 Å². The van der Waals surface area contributed by atoms with Gasteiger partial charge in [0, 0.05) is 16.5 Å². The minimum absolute atomic E-state index is 0.0830. The number of aryl methyl sites for hydroxylation is 1. The standard InChI is InChI=1S/C27H30N2O2S/c1-19-10-8-11-21(16-19)25(30)29-24(17-23-14-9-15-32-23)26(31)28-20(2)18-27(3,4)22-12-6-5-7-13-22/h5-17,20H,18H2,1-4H3,(H,28,31)(H,29,30)/b24-17-/t20-/m1/s1. The summed E-state index contributed by atoms with van der Waals surface area (Å²) < 4.78 is 0. The number of benzene rings is 2. The summed E-state index contributed by atoms with van der Waals surface area (Å²) in [4.78, 5) is 26.9. The van der Waals surface area contributed by atoms with Crippen LogP contribution in [0.5, 0.6) is 0 Å². The Bertz CT molecular complexity index is 1090. The molecule has 0 spiro atoms. The van der Waals surface area contributed by atoms with Crippen molar-refractivity contribution in [1.82, 2.24) is 10.6 Å². The van der Waals surface area contributed by atoms with Gasteiger partial charge in [0.1, 0.15) is 5.70 Å². The molecule has 0 saturated carbocycles. The minimum atomic E-state index is -0.302. The molecular formula is C27H30N2O2S. The highest BCUT2D eigenvalue weighted by molar-refractivity contribution is 7.10. The van der Waals surface area contributed by atoms with Crippen LogP contribution in [0.2, 0.25) is 0 Å². The lowest BCUT2D eigenvalue weighted by Crippen LogP contribution is -2.41. The molecule has 0 aliphatic rings. The smallest absolute Gasteiger partial charge is 0.268 e. The van der Waals surface area contributed by atoms with E-state index >= 15 is 0 Å². The van der Waals surface area contributed by atoms with Crippen LogP contribution in [0.25, 0.3) is 6.08 Å². The lowest BCUT2D eigenvalue weighted by Gasteiger charge is -2.29. The predicted octanol–water partition coefficient (Wildman–Crippen LogP) is 5.70. The molecule has 2 amide bonds. The van der Waals surface area contributed by atoms with Crippen molar-refractivity contribution in [2.24, 2.45) is 0 Å². The van der Waals surface area contributed by atoms with Crippen molar-refractivity contribution in [1.29, 1.82) is 0 Å². The van der Waals surface area contributed by atoms with Gasteiger partial charge in [-0.2, -0.15) is 0 Å². The molecule has 3 rings (SSSR count). The van der Waals surface area contributed by atoms with E-state index in [2.05, 4.69) is 36.6 Å². The fourth-order valence-electron chi connectivity index (χ4n) is 3.78. The molecule has 32 heavy (non-hydrogen) atoms. The SMILES string of the molecule is Cc1cccc(C(=O)N/C(=C\c2cccs2)C(=O)N[C@H](C)CC(C)(C)c2ccccc2)c1. The molecule has 0 aliphatic carbocycles. The number of hydrogen-bond acceptors (Lipinski definition) is 3. The third kappa shape index (κ3) is 6.41. The van der Waals surface area contributed by atoms with Gasteiger partial charge < -0.3 is 10.6 Å². The van der Waals surface area contributed by atoms with Gasteiger partial charge in [-0.3, -0.25) is 9.59 Å². The second-order valence-electron chi connectivity index (χ2n) is 8.73. The lowest BCUT2D eigenvalue weighted by molar-refractivity contribution is -0.118. The number of thiophene rings is 1. The van der Waals surface area contributed by atoms with E-state index < -0.39 is 0 Å². The van der Waals surface area contributed by atoms with Gasteiger partial charge in [0.05, 0.1) is 0 Å². The molecule has 1 heterocycles. The molecule has 1 atom stereocenters. The highest BCUT2D eigenvalue weighted by Crippen LogP contribution is 2.28. The van der Waals surface area contributed by atoms with Crippen LogP contribution in [0.3, 0.4) is 0 Å². The highest BCUT2D eigenvalue weighted by atomic mass is 32.1. The molecule has 5 heteroatoms. The van der Waals surface area contributed by atoms with E-state index in [9.17, 15) is 9.59 Å². The number of amides is 2. The molecule has 0 unspecified atom stereocenters. The van der Waals surface area contributed by atoms with E-state index in [-0.39, 0.29) is 29.0 Å². The second-order valence-corrected chi connectivity index (χ2v) is 9.70. The van der Waals surface area contributed by atoms with E-state index in [0.29, 0.717) is 5.56 Å². The quantitative estimate of drug-likeness (QED) is 0.436. The summed E-state index contributed by atoms with van der Waals surface area (Å²) in [6.45, 7) is 8.27. The molecule has 0 radical (unpaired) electrons. The molecule has 4 nitrogen and oxygen atoms in total. The van der Waals surface area contributed by atoms with Crippen LogP contribution in [0.15, 0.2) is 77.8 Å². The molecule has 2 N–H and O–H groups in total. The van der Waals surface area contributed by atoms with E-state index in [4.69, 9.17) is 0 Å². The average molecular weight is 447 g/mol. The molecule has 0 bridgehead atoms. The first-order valence-corrected chi connectivity index (χ1v) is 11.6. The fraction of sp³-hybridized carbons (Fsp3) is 0.259. The molecule has 0 saturated heterocycles. The summed E-state index contributed by atoms with van der Waals surface area (Å²) in [6, 6.07) is 21.4.